The van der Waals surface area contributed by atoms with Gasteiger partial charge in [0.15, 0.2) is 0 Å². The van der Waals surface area contributed by atoms with Crippen LogP contribution in [0.3, 0.4) is 0 Å². The Bertz CT molecular complexity index is 395. The van der Waals surface area contributed by atoms with Crippen LogP contribution in [0.5, 0.6) is 5.75 Å². The number of alkyl halides is 1. The number of aryl methyl sites for hydroxylation is 1. The van der Waals surface area contributed by atoms with Gasteiger partial charge in [0, 0.05) is 12.4 Å². The second-order valence-electron chi connectivity index (χ2n) is 3.75. The first-order chi connectivity index (χ1) is 8.10. The van der Waals surface area contributed by atoms with Gasteiger partial charge in [0.2, 0.25) is 0 Å². The van der Waals surface area contributed by atoms with Crippen molar-refractivity contribution in [1.82, 2.24) is 5.32 Å². The molecule has 1 atom stereocenters. The predicted molar refractivity (Wildman–Crippen MR) is 69.8 cm³/mol. The van der Waals surface area contributed by atoms with E-state index in [-0.39, 0.29) is 23.3 Å². The van der Waals surface area contributed by atoms with Crippen LogP contribution in [0.1, 0.15) is 15.9 Å². The number of phenols is 1. The van der Waals surface area contributed by atoms with Crippen LogP contribution in [-0.4, -0.2) is 36.1 Å². The van der Waals surface area contributed by atoms with Gasteiger partial charge in [-0.15, -0.1) is 0 Å². The summed E-state index contributed by atoms with van der Waals surface area (Å²) in [6.45, 7) is 2.17. The summed E-state index contributed by atoms with van der Waals surface area (Å²) < 4.78 is 4.98. The molecular weight excluding hydrogens is 286 g/mol. The zero-order valence-corrected chi connectivity index (χ0v) is 11.5. The van der Waals surface area contributed by atoms with Crippen molar-refractivity contribution in [2.45, 2.75) is 13.0 Å². The summed E-state index contributed by atoms with van der Waals surface area (Å²) in [7, 11) is 1.58. The van der Waals surface area contributed by atoms with Crippen LogP contribution in [0.4, 0.5) is 0 Å². The molecular formula is C12H16BrNO3. The molecule has 0 saturated heterocycles. The van der Waals surface area contributed by atoms with Crippen LogP contribution in [-0.2, 0) is 4.74 Å². The number of carbonyl (C=O) groups is 1. The Labute approximate surface area is 109 Å². The smallest absolute Gasteiger partial charge is 0.255 e. The number of halogens is 1. The molecule has 0 radical (unpaired) electrons. The number of para-hydroxylation sites is 1. The van der Waals surface area contributed by atoms with Gasteiger partial charge in [-0.05, 0) is 18.6 Å². The molecule has 0 aliphatic carbocycles. The number of hydrogen-bond acceptors (Lipinski definition) is 3. The third-order valence-electron chi connectivity index (χ3n) is 2.37. The van der Waals surface area contributed by atoms with Crippen molar-refractivity contribution in [3.8, 4) is 5.75 Å². The lowest BCUT2D eigenvalue weighted by molar-refractivity contribution is 0.0905. The van der Waals surface area contributed by atoms with E-state index in [0.717, 1.165) is 0 Å². The Morgan fingerprint density at radius 1 is 1.59 bits per heavy atom. The minimum absolute atomic E-state index is 0.0238. The van der Waals surface area contributed by atoms with E-state index in [2.05, 4.69) is 21.2 Å². The minimum Gasteiger partial charge on any atom is -0.507 e. The molecule has 0 aliphatic rings. The molecule has 17 heavy (non-hydrogen) atoms. The van der Waals surface area contributed by atoms with Gasteiger partial charge in [0.1, 0.15) is 5.75 Å². The fraction of sp³-hybridized carbons (Fsp3) is 0.417. The van der Waals surface area contributed by atoms with Crippen molar-refractivity contribution < 1.29 is 14.6 Å². The van der Waals surface area contributed by atoms with Crippen LogP contribution in [0.25, 0.3) is 0 Å². The highest BCUT2D eigenvalue weighted by Crippen LogP contribution is 2.21. The fourth-order valence-electron chi connectivity index (χ4n) is 1.43. The SMILES string of the molecule is COCC(CBr)NC(=O)c1cccc(C)c1O. The molecule has 0 aliphatic heterocycles. The third-order valence-corrected chi connectivity index (χ3v) is 3.15. The van der Waals surface area contributed by atoms with Crippen LogP contribution in [0, 0.1) is 6.92 Å². The summed E-state index contributed by atoms with van der Waals surface area (Å²) in [5, 5.41) is 13.2. The van der Waals surface area contributed by atoms with Crippen LogP contribution < -0.4 is 5.32 Å². The Morgan fingerprint density at radius 2 is 2.29 bits per heavy atom. The monoisotopic (exact) mass is 301 g/mol. The molecule has 1 amide bonds. The molecule has 1 aromatic rings. The summed E-state index contributed by atoms with van der Waals surface area (Å²) in [5.41, 5.74) is 0.965. The number of aromatic hydroxyl groups is 1. The molecule has 1 rings (SSSR count). The minimum atomic E-state index is -0.298. The van der Waals surface area contributed by atoms with Gasteiger partial charge in [-0.1, -0.05) is 28.1 Å². The number of benzene rings is 1. The van der Waals surface area contributed by atoms with Gasteiger partial charge >= 0.3 is 0 Å². The number of methoxy groups -OCH3 is 1. The van der Waals surface area contributed by atoms with Gasteiger partial charge in [0.05, 0.1) is 18.2 Å². The largest absolute Gasteiger partial charge is 0.507 e. The van der Waals surface area contributed by atoms with E-state index >= 15 is 0 Å². The van der Waals surface area contributed by atoms with E-state index in [4.69, 9.17) is 4.74 Å². The number of hydrogen-bond donors (Lipinski definition) is 2. The molecule has 5 heteroatoms. The molecule has 2 N–H and O–H groups in total. The first kappa shape index (κ1) is 14.0. The molecule has 0 fully saturated rings. The van der Waals surface area contributed by atoms with E-state index in [1.54, 1.807) is 32.2 Å². The van der Waals surface area contributed by atoms with Gasteiger partial charge in [-0.2, -0.15) is 0 Å². The van der Waals surface area contributed by atoms with Gasteiger partial charge < -0.3 is 15.2 Å². The lowest BCUT2D eigenvalue weighted by Crippen LogP contribution is -2.39. The number of carbonyl (C=O) groups excluding carboxylic acids is 1. The summed E-state index contributed by atoms with van der Waals surface area (Å²) >= 11 is 3.29. The first-order valence-corrected chi connectivity index (χ1v) is 6.36. The highest BCUT2D eigenvalue weighted by molar-refractivity contribution is 9.09. The van der Waals surface area contributed by atoms with E-state index in [1.165, 1.54) is 0 Å². The molecule has 0 saturated carbocycles. The predicted octanol–water partition coefficient (Wildman–Crippen LogP) is 1.84. The summed E-state index contributed by atoms with van der Waals surface area (Å²) in [5.74, 6) is -0.275. The van der Waals surface area contributed by atoms with Crippen LogP contribution >= 0.6 is 15.9 Å². The van der Waals surface area contributed by atoms with Crippen molar-refractivity contribution in [1.29, 1.82) is 0 Å². The molecule has 0 heterocycles. The lowest BCUT2D eigenvalue weighted by Gasteiger charge is -2.16. The number of ether oxygens (including phenoxy) is 1. The van der Waals surface area contributed by atoms with E-state index in [9.17, 15) is 9.90 Å². The van der Waals surface area contributed by atoms with Gasteiger partial charge in [-0.25, -0.2) is 0 Å². The highest BCUT2D eigenvalue weighted by Gasteiger charge is 2.16. The number of nitrogens with one attached hydrogen (secondary N) is 1. The third kappa shape index (κ3) is 3.71. The normalized spacial score (nSPS) is 12.2. The van der Waals surface area contributed by atoms with E-state index in [1.807, 2.05) is 0 Å². The fourth-order valence-corrected chi connectivity index (χ4v) is 1.78. The molecule has 1 unspecified atom stereocenters. The highest BCUT2D eigenvalue weighted by atomic mass is 79.9. The standard InChI is InChI=1S/C12H16BrNO3/c1-8-4-3-5-10(11(8)15)12(16)14-9(6-13)7-17-2/h3-5,9,15H,6-7H2,1-2H3,(H,14,16). The summed E-state index contributed by atoms with van der Waals surface area (Å²) in [4.78, 5) is 11.9. The summed E-state index contributed by atoms with van der Waals surface area (Å²) in [6, 6.07) is 4.97. The maximum atomic E-state index is 11.9. The van der Waals surface area contributed by atoms with Gasteiger partial charge in [-0.3, -0.25) is 4.79 Å². The van der Waals surface area contributed by atoms with Crippen molar-refractivity contribution in [2.24, 2.45) is 0 Å². The first-order valence-electron chi connectivity index (χ1n) is 5.24. The van der Waals surface area contributed by atoms with Gasteiger partial charge in [0.25, 0.3) is 5.91 Å². The summed E-state index contributed by atoms with van der Waals surface area (Å²) in [6.07, 6.45) is 0. The van der Waals surface area contributed by atoms with Crippen molar-refractivity contribution in [2.75, 3.05) is 19.0 Å². The Kier molecular flexibility index (Phi) is 5.44. The van der Waals surface area contributed by atoms with Crippen molar-refractivity contribution in [3.63, 3.8) is 0 Å². The maximum Gasteiger partial charge on any atom is 0.255 e. The zero-order chi connectivity index (χ0) is 12.8. The number of phenolic OH excluding ortho intramolecular Hbond substituents is 1. The van der Waals surface area contributed by atoms with E-state index in [0.29, 0.717) is 17.5 Å². The Hall–Kier alpha value is -1.07. The molecule has 4 nitrogen and oxygen atoms in total. The molecule has 0 bridgehead atoms. The average molecular weight is 302 g/mol. The van der Waals surface area contributed by atoms with Crippen LogP contribution in [0.2, 0.25) is 0 Å². The molecule has 94 valence electrons. The van der Waals surface area contributed by atoms with Crippen molar-refractivity contribution in [3.05, 3.63) is 29.3 Å². The quantitative estimate of drug-likeness (QED) is 0.816. The zero-order valence-electron chi connectivity index (χ0n) is 9.87. The molecule has 0 aromatic heterocycles. The van der Waals surface area contributed by atoms with Crippen LogP contribution in [0.15, 0.2) is 18.2 Å². The molecule has 0 spiro atoms. The second kappa shape index (κ2) is 6.61. The maximum absolute atomic E-state index is 11.9. The van der Waals surface area contributed by atoms with Crippen molar-refractivity contribution >= 4 is 21.8 Å². The van der Waals surface area contributed by atoms with E-state index < -0.39 is 0 Å². The second-order valence-corrected chi connectivity index (χ2v) is 4.40. The Balaban J connectivity index is 2.79. The molecule has 1 aromatic carbocycles. The Morgan fingerprint density at radius 3 is 2.88 bits per heavy atom. The topological polar surface area (TPSA) is 58.6 Å². The number of rotatable bonds is 5. The number of amides is 1. The average Bonchev–Trinajstić information content (AvgIpc) is 2.31. The lowest BCUT2D eigenvalue weighted by atomic mass is 10.1.